The van der Waals surface area contributed by atoms with Gasteiger partial charge in [-0.05, 0) is 19.4 Å². The molecule has 4 nitrogen and oxygen atoms in total. The monoisotopic (exact) mass is 236 g/mol. The Morgan fingerprint density at radius 1 is 1.24 bits per heavy atom. The third-order valence-corrected chi connectivity index (χ3v) is 3.37. The van der Waals surface area contributed by atoms with Gasteiger partial charge in [-0.2, -0.15) is 0 Å². The summed E-state index contributed by atoms with van der Waals surface area (Å²) in [5.74, 6) is -1.75. The molecule has 92 valence electrons. The van der Waals surface area contributed by atoms with Gasteiger partial charge in [-0.1, -0.05) is 30.3 Å². The Kier molecular flexibility index (Phi) is 2.32. The summed E-state index contributed by atoms with van der Waals surface area (Å²) in [6, 6.07) is 9.66. The van der Waals surface area contributed by atoms with Crippen molar-refractivity contribution in [3.63, 3.8) is 0 Å². The summed E-state index contributed by atoms with van der Waals surface area (Å²) in [6.07, 6.45) is -1.25. The molecule has 2 saturated heterocycles. The van der Waals surface area contributed by atoms with Crippen LogP contribution in [0.1, 0.15) is 25.5 Å². The molecule has 0 saturated carbocycles. The highest BCUT2D eigenvalue weighted by Crippen LogP contribution is 2.46. The molecule has 4 atom stereocenters. The number of aliphatic hydroxyl groups excluding tert-OH is 1. The molecule has 0 aromatic heterocycles. The molecule has 2 heterocycles. The Labute approximate surface area is 100 Å². The van der Waals surface area contributed by atoms with Crippen LogP contribution in [0, 0.1) is 0 Å². The van der Waals surface area contributed by atoms with Gasteiger partial charge in [-0.25, -0.2) is 0 Å². The smallest absolute Gasteiger partial charge is 0.197 e. The molecule has 2 aliphatic heterocycles. The molecule has 1 aromatic rings. The normalized spacial score (nSPS) is 44.9. The Morgan fingerprint density at radius 2 is 1.94 bits per heavy atom. The van der Waals surface area contributed by atoms with Crippen molar-refractivity contribution in [2.24, 2.45) is 0 Å². The highest BCUT2D eigenvalue weighted by Gasteiger charge is 2.58. The number of rotatable bonds is 1. The number of fused-ring (bicyclic) bond motifs is 2. The first-order valence-corrected chi connectivity index (χ1v) is 5.77. The van der Waals surface area contributed by atoms with Crippen LogP contribution in [0.2, 0.25) is 0 Å². The summed E-state index contributed by atoms with van der Waals surface area (Å²) in [5, 5.41) is 10.3. The molecule has 0 aliphatic carbocycles. The molecule has 17 heavy (non-hydrogen) atoms. The predicted molar refractivity (Wildman–Crippen MR) is 60.1 cm³/mol. The maximum Gasteiger partial charge on any atom is 0.197 e. The molecule has 0 spiro atoms. The van der Waals surface area contributed by atoms with E-state index < -0.39 is 23.8 Å². The van der Waals surface area contributed by atoms with Crippen molar-refractivity contribution < 1.29 is 19.3 Å². The lowest BCUT2D eigenvalue weighted by Gasteiger charge is -2.42. The van der Waals surface area contributed by atoms with Gasteiger partial charge in [0.2, 0.25) is 0 Å². The van der Waals surface area contributed by atoms with Crippen LogP contribution >= 0.6 is 0 Å². The van der Waals surface area contributed by atoms with Gasteiger partial charge < -0.3 is 19.3 Å². The molecule has 2 bridgehead atoms. The number of hydrogen-bond acceptors (Lipinski definition) is 4. The van der Waals surface area contributed by atoms with Gasteiger partial charge in [0, 0.05) is 0 Å². The molecule has 2 fully saturated rings. The molecule has 0 radical (unpaired) electrons. The van der Waals surface area contributed by atoms with E-state index in [2.05, 4.69) is 0 Å². The highest BCUT2D eigenvalue weighted by molar-refractivity contribution is 5.20. The highest BCUT2D eigenvalue weighted by atomic mass is 16.9. The standard InChI is InChI=1S/C13H16O4/c1-12-8-15-13(2,17-12)11(14)10(16-12)9-6-4-3-5-7-9/h3-7,10-11,14H,8H2,1-2H3/t10-,11+,12+,13+/m0/s1. The Morgan fingerprint density at radius 3 is 2.65 bits per heavy atom. The third-order valence-electron chi connectivity index (χ3n) is 3.37. The molecular formula is C13H16O4. The SMILES string of the molecule is C[C@]12CO[C@](C)(O1)[C@H](O)[C@H](c1ccccc1)O2. The van der Waals surface area contributed by atoms with Gasteiger partial charge in [0.1, 0.15) is 18.8 Å². The van der Waals surface area contributed by atoms with E-state index in [-0.39, 0.29) is 0 Å². The van der Waals surface area contributed by atoms with Crippen LogP contribution in [0.15, 0.2) is 30.3 Å². The maximum absolute atomic E-state index is 10.3. The van der Waals surface area contributed by atoms with Crippen molar-refractivity contribution in [1.82, 2.24) is 0 Å². The van der Waals surface area contributed by atoms with E-state index in [1.165, 1.54) is 0 Å². The first-order chi connectivity index (χ1) is 8.03. The molecule has 1 aromatic carbocycles. The van der Waals surface area contributed by atoms with Gasteiger partial charge in [0.15, 0.2) is 11.6 Å². The minimum atomic E-state index is -0.979. The van der Waals surface area contributed by atoms with E-state index in [0.717, 1.165) is 5.56 Å². The zero-order chi connectivity index (χ0) is 12.1. The summed E-state index contributed by atoms with van der Waals surface area (Å²) >= 11 is 0. The first-order valence-electron chi connectivity index (χ1n) is 5.77. The summed E-state index contributed by atoms with van der Waals surface area (Å²) in [6.45, 7) is 3.92. The minimum absolute atomic E-state index is 0.337. The summed E-state index contributed by atoms with van der Waals surface area (Å²) < 4.78 is 17.0. The van der Waals surface area contributed by atoms with Crippen LogP contribution in [0.5, 0.6) is 0 Å². The van der Waals surface area contributed by atoms with Gasteiger partial charge >= 0.3 is 0 Å². The Hall–Kier alpha value is -0.940. The summed E-state index contributed by atoms with van der Waals surface area (Å²) in [5.41, 5.74) is 0.936. The maximum atomic E-state index is 10.3. The average Bonchev–Trinajstić information content (AvgIpc) is 2.60. The van der Waals surface area contributed by atoms with Crippen LogP contribution in [-0.2, 0) is 14.2 Å². The van der Waals surface area contributed by atoms with Crippen molar-refractivity contribution in [2.75, 3.05) is 6.61 Å². The lowest BCUT2D eigenvalue weighted by molar-refractivity contribution is -0.359. The molecule has 3 rings (SSSR count). The van der Waals surface area contributed by atoms with Crippen LogP contribution in [0.25, 0.3) is 0 Å². The fourth-order valence-corrected chi connectivity index (χ4v) is 2.47. The van der Waals surface area contributed by atoms with Crippen LogP contribution < -0.4 is 0 Å². The van der Waals surface area contributed by atoms with Crippen molar-refractivity contribution in [2.45, 2.75) is 37.6 Å². The van der Waals surface area contributed by atoms with Crippen LogP contribution in [0.4, 0.5) is 0 Å². The predicted octanol–water partition coefficient (Wildman–Crippen LogP) is 1.60. The lowest BCUT2D eigenvalue weighted by Crippen LogP contribution is -2.53. The number of ether oxygens (including phenoxy) is 3. The molecule has 4 heteroatoms. The van der Waals surface area contributed by atoms with Crippen LogP contribution in [0.3, 0.4) is 0 Å². The number of benzene rings is 1. The largest absolute Gasteiger partial charge is 0.384 e. The van der Waals surface area contributed by atoms with Crippen LogP contribution in [-0.4, -0.2) is 29.4 Å². The van der Waals surface area contributed by atoms with E-state index >= 15 is 0 Å². The van der Waals surface area contributed by atoms with E-state index in [1.807, 2.05) is 37.3 Å². The second-order valence-corrected chi connectivity index (χ2v) is 4.93. The van der Waals surface area contributed by atoms with E-state index in [1.54, 1.807) is 6.92 Å². The zero-order valence-electron chi connectivity index (χ0n) is 9.92. The first kappa shape index (κ1) is 11.2. The summed E-state index contributed by atoms with van der Waals surface area (Å²) in [7, 11) is 0. The van der Waals surface area contributed by atoms with Crippen molar-refractivity contribution in [3.8, 4) is 0 Å². The van der Waals surface area contributed by atoms with E-state index in [9.17, 15) is 5.11 Å². The number of hydrogen-bond donors (Lipinski definition) is 1. The van der Waals surface area contributed by atoms with Crippen molar-refractivity contribution >= 4 is 0 Å². The molecule has 0 unspecified atom stereocenters. The molecular weight excluding hydrogens is 220 g/mol. The molecule has 0 amide bonds. The molecule has 1 N–H and O–H groups in total. The fourth-order valence-electron chi connectivity index (χ4n) is 2.47. The van der Waals surface area contributed by atoms with Gasteiger partial charge in [0.05, 0.1) is 0 Å². The third kappa shape index (κ3) is 1.68. The number of aliphatic hydroxyl groups is 1. The summed E-state index contributed by atoms with van der Waals surface area (Å²) in [4.78, 5) is 0. The molecule has 2 aliphatic rings. The Bertz CT molecular complexity index is 421. The van der Waals surface area contributed by atoms with Crippen molar-refractivity contribution in [3.05, 3.63) is 35.9 Å². The topological polar surface area (TPSA) is 47.9 Å². The average molecular weight is 236 g/mol. The minimum Gasteiger partial charge on any atom is -0.384 e. The fraction of sp³-hybridized carbons (Fsp3) is 0.538. The lowest BCUT2D eigenvalue weighted by atomic mass is 9.97. The van der Waals surface area contributed by atoms with Gasteiger partial charge in [-0.3, -0.25) is 0 Å². The van der Waals surface area contributed by atoms with Gasteiger partial charge in [-0.15, -0.1) is 0 Å². The van der Waals surface area contributed by atoms with E-state index in [0.29, 0.717) is 6.61 Å². The van der Waals surface area contributed by atoms with Crippen molar-refractivity contribution in [1.29, 1.82) is 0 Å². The second kappa shape index (κ2) is 3.53. The second-order valence-electron chi connectivity index (χ2n) is 4.93. The quantitative estimate of drug-likeness (QED) is 0.804. The van der Waals surface area contributed by atoms with Gasteiger partial charge in [0.25, 0.3) is 0 Å². The zero-order valence-corrected chi connectivity index (χ0v) is 9.92. The van der Waals surface area contributed by atoms with E-state index in [4.69, 9.17) is 14.2 Å². The Balaban J connectivity index is 1.97.